The third-order valence-electron chi connectivity index (χ3n) is 6.93. The minimum absolute atomic E-state index is 0.0575. The Morgan fingerprint density at radius 1 is 1.48 bits per heavy atom. The van der Waals surface area contributed by atoms with E-state index in [1.807, 2.05) is 13.1 Å². The van der Waals surface area contributed by atoms with Gasteiger partial charge in [0.25, 0.3) is 0 Å². The van der Waals surface area contributed by atoms with Crippen LogP contribution in [0.3, 0.4) is 0 Å². The van der Waals surface area contributed by atoms with Crippen molar-refractivity contribution in [2.24, 2.45) is 5.73 Å². The molecule has 27 heavy (non-hydrogen) atoms. The van der Waals surface area contributed by atoms with Crippen molar-refractivity contribution in [1.29, 1.82) is 0 Å². The molecule has 4 atom stereocenters. The molecule has 0 radical (unpaired) electrons. The molecule has 1 fully saturated rings. The molecule has 1 spiro atoms. The second-order valence-electron chi connectivity index (χ2n) is 8.12. The molecular weight excluding hydrogens is 348 g/mol. The summed E-state index contributed by atoms with van der Waals surface area (Å²) >= 11 is 0. The number of hydrogen-bond acceptors (Lipinski definition) is 7. The Labute approximate surface area is 157 Å². The molecule has 0 aromatic heterocycles. The lowest BCUT2D eigenvalue weighted by Gasteiger charge is -2.61. The molecular formula is C20H24N2O5. The maximum Gasteiger partial charge on any atom is 0.312 e. The number of esters is 1. The molecule has 2 bridgehead atoms. The number of nitrogens with zero attached hydrogens (tertiary/aromatic N) is 1. The van der Waals surface area contributed by atoms with Crippen molar-refractivity contribution >= 4 is 5.97 Å². The number of hydrogen-bond donors (Lipinski definition) is 3. The van der Waals surface area contributed by atoms with Gasteiger partial charge in [0.15, 0.2) is 17.6 Å². The van der Waals surface area contributed by atoms with Crippen LogP contribution >= 0.6 is 0 Å². The molecule has 4 N–H and O–H groups in total. The summed E-state index contributed by atoms with van der Waals surface area (Å²) in [5.74, 6) is 0.492. The molecule has 1 aromatic carbocycles. The molecule has 5 rings (SSSR count). The van der Waals surface area contributed by atoms with E-state index in [2.05, 4.69) is 4.90 Å². The van der Waals surface area contributed by atoms with Gasteiger partial charge < -0.3 is 30.3 Å². The number of nitrogens with two attached hydrogens (primary N) is 1. The molecule has 4 aliphatic rings. The lowest BCUT2D eigenvalue weighted by molar-refractivity contribution is -0.169. The van der Waals surface area contributed by atoms with Gasteiger partial charge >= 0.3 is 5.97 Å². The van der Waals surface area contributed by atoms with Gasteiger partial charge in [-0.2, -0.15) is 0 Å². The molecule has 2 aliphatic carbocycles. The summed E-state index contributed by atoms with van der Waals surface area (Å²) < 4.78 is 11.8. The van der Waals surface area contributed by atoms with Gasteiger partial charge in [-0.3, -0.25) is 4.79 Å². The summed E-state index contributed by atoms with van der Waals surface area (Å²) in [4.78, 5) is 14.3. The van der Waals surface area contributed by atoms with E-state index in [-0.39, 0.29) is 24.8 Å². The zero-order chi connectivity index (χ0) is 19.0. The zero-order valence-corrected chi connectivity index (χ0v) is 15.3. The Morgan fingerprint density at radius 3 is 3.07 bits per heavy atom. The number of likely N-dealkylation sites (tertiary alicyclic amines) is 1. The maximum absolute atomic E-state index is 12.1. The third-order valence-corrected chi connectivity index (χ3v) is 6.93. The fourth-order valence-electron chi connectivity index (χ4n) is 5.74. The summed E-state index contributed by atoms with van der Waals surface area (Å²) in [6, 6.07) is 3.51. The van der Waals surface area contributed by atoms with Crippen LogP contribution in [-0.4, -0.2) is 59.0 Å². The van der Waals surface area contributed by atoms with Crippen molar-refractivity contribution in [1.82, 2.24) is 4.90 Å². The van der Waals surface area contributed by atoms with E-state index in [9.17, 15) is 15.0 Å². The number of likely N-dealkylation sites (N-methyl/N-ethyl adjacent to an activating group) is 1. The van der Waals surface area contributed by atoms with Gasteiger partial charge in [-0.1, -0.05) is 6.07 Å². The van der Waals surface area contributed by atoms with Gasteiger partial charge in [0, 0.05) is 24.6 Å². The fraction of sp³-hybridized carbons (Fsp3) is 0.550. The molecule has 2 heterocycles. The predicted octanol–water partition coefficient (Wildman–Crippen LogP) is 0.562. The molecule has 1 aromatic rings. The summed E-state index contributed by atoms with van der Waals surface area (Å²) in [6.07, 6.45) is 3.01. The quantitative estimate of drug-likeness (QED) is 0.666. The first-order valence-electron chi connectivity index (χ1n) is 9.48. The van der Waals surface area contributed by atoms with E-state index in [1.54, 1.807) is 12.1 Å². The Bertz CT molecular complexity index is 868. The zero-order valence-electron chi connectivity index (χ0n) is 15.3. The first-order chi connectivity index (χ1) is 12.9. The van der Waals surface area contributed by atoms with Gasteiger partial charge in [-0.15, -0.1) is 0 Å². The topological polar surface area (TPSA) is 105 Å². The van der Waals surface area contributed by atoms with Crippen molar-refractivity contribution < 1.29 is 24.5 Å². The van der Waals surface area contributed by atoms with Crippen molar-refractivity contribution in [2.75, 3.05) is 20.1 Å². The number of aliphatic hydroxyl groups is 1. The summed E-state index contributed by atoms with van der Waals surface area (Å²) in [7, 11) is 2.03. The third kappa shape index (κ3) is 1.94. The van der Waals surface area contributed by atoms with E-state index < -0.39 is 23.1 Å². The van der Waals surface area contributed by atoms with Crippen LogP contribution in [0.5, 0.6) is 11.5 Å². The number of piperidine rings is 1. The van der Waals surface area contributed by atoms with Crippen LogP contribution in [0.15, 0.2) is 24.0 Å². The van der Waals surface area contributed by atoms with E-state index >= 15 is 0 Å². The van der Waals surface area contributed by atoms with Crippen molar-refractivity contribution in [2.45, 2.75) is 48.8 Å². The molecule has 7 heteroatoms. The Kier molecular flexibility index (Phi) is 3.45. The number of benzene rings is 1. The number of aromatic hydroxyl groups is 1. The van der Waals surface area contributed by atoms with Crippen LogP contribution in [0.4, 0.5) is 0 Å². The van der Waals surface area contributed by atoms with Gasteiger partial charge in [0.05, 0.1) is 17.4 Å². The lowest BCUT2D eigenvalue weighted by Crippen LogP contribution is -2.74. The van der Waals surface area contributed by atoms with E-state index in [1.165, 1.54) is 0 Å². The Balaban J connectivity index is 1.69. The fourth-order valence-corrected chi connectivity index (χ4v) is 5.74. The number of ether oxygens (including phenoxy) is 2. The highest BCUT2D eigenvalue weighted by Gasteiger charge is 2.72. The second-order valence-corrected chi connectivity index (χ2v) is 8.12. The number of carbonyl (C=O) groups excluding carboxylic acids is 1. The number of phenols is 1. The lowest BCUT2D eigenvalue weighted by atomic mass is 9.50. The first kappa shape index (κ1) is 17.0. The smallest absolute Gasteiger partial charge is 0.312 e. The van der Waals surface area contributed by atoms with Crippen LogP contribution in [0, 0.1) is 0 Å². The van der Waals surface area contributed by atoms with Crippen LogP contribution in [-0.2, 0) is 21.4 Å². The largest absolute Gasteiger partial charge is 0.504 e. The Hall–Kier alpha value is -2.09. The van der Waals surface area contributed by atoms with Crippen LogP contribution in [0.1, 0.15) is 30.4 Å². The minimum Gasteiger partial charge on any atom is -0.504 e. The monoisotopic (exact) mass is 372 g/mol. The van der Waals surface area contributed by atoms with Gasteiger partial charge in [0.1, 0.15) is 5.76 Å². The standard InChI is InChI=1S/C20H24N2O5/c1-22-9-7-19-16-11-2-3-12(23)17(16)27-18(19)13(26-15(24)5-8-21)4-6-20(19,25)14(22)10-11/h2-4,14,18,23,25H,5-10,21H2,1H3/t14-,18+,19+,20-/m1/s1. The Morgan fingerprint density at radius 2 is 2.30 bits per heavy atom. The molecule has 0 unspecified atom stereocenters. The molecule has 0 saturated carbocycles. The van der Waals surface area contributed by atoms with E-state index in [0.29, 0.717) is 30.8 Å². The normalized spacial score (nSPS) is 35.9. The predicted molar refractivity (Wildman–Crippen MR) is 96.4 cm³/mol. The van der Waals surface area contributed by atoms with Crippen LogP contribution in [0.2, 0.25) is 0 Å². The van der Waals surface area contributed by atoms with Crippen LogP contribution in [0.25, 0.3) is 0 Å². The minimum atomic E-state index is -1.04. The van der Waals surface area contributed by atoms with E-state index in [4.69, 9.17) is 15.2 Å². The highest BCUT2D eigenvalue weighted by atomic mass is 16.6. The molecule has 0 amide bonds. The average molecular weight is 372 g/mol. The van der Waals surface area contributed by atoms with Crippen molar-refractivity contribution in [3.63, 3.8) is 0 Å². The van der Waals surface area contributed by atoms with Crippen molar-refractivity contribution in [3.05, 3.63) is 35.1 Å². The van der Waals surface area contributed by atoms with Gasteiger partial charge in [0.2, 0.25) is 0 Å². The summed E-state index contributed by atoms with van der Waals surface area (Å²) in [6.45, 7) is 1.01. The molecule has 144 valence electrons. The van der Waals surface area contributed by atoms with Crippen LogP contribution < -0.4 is 10.5 Å². The molecule has 2 aliphatic heterocycles. The van der Waals surface area contributed by atoms with Gasteiger partial charge in [-0.05, 0) is 44.1 Å². The first-order valence-corrected chi connectivity index (χ1v) is 9.48. The maximum atomic E-state index is 12.1. The summed E-state index contributed by atoms with van der Waals surface area (Å²) in [5.41, 5.74) is 5.68. The number of phenolic OH excluding ortho intramolecular Hbond substituents is 1. The SMILES string of the molecule is CN1CC[C@]23c4c5ccc(O)c4O[C@H]2C(OC(=O)CCN)=CC[C@@]3(O)[C@H]1C5. The van der Waals surface area contributed by atoms with Gasteiger partial charge in [-0.25, -0.2) is 0 Å². The average Bonchev–Trinajstić information content (AvgIpc) is 2.98. The number of carbonyl (C=O) groups is 1. The highest BCUT2D eigenvalue weighted by molar-refractivity contribution is 5.72. The van der Waals surface area contributed by atoms with E-state index in [0.717, 1.165) is 17.7 Å². The molecule has 1 saturated heterocycles. The molecule has 7 nitrogen and oxygen atoms in total. The summed E-state index contributed by atoms with van der Waals surface area (Å²) in [5, 5.41) is 22.4. The highest BCUT2D eigenvalue weighted by Crippen LogP contribution is 2.65. The number of rotatable bonds is 3. The van der Waals surface area contributed by atoms with Crippen molar-refractivity contribution in [3.8, 4) is 11.5 Å². The second kappa shape index (κ2) is 5.47.